The second kappa shape index (κ2) is 18.5. The Morgan fingerprint density at radius 3 is 1.46 bits per heavy atom. The number of halogens is 10. The molecule has 11 nitrogen and oxygen atoms in total. The molecule has 21 heteroatoms. The molecule has 0 bridgehead atoms. The first-order valence-electron chi connectivity index (χ1n) is 13.2. The molecule has 3 N–H and O–H groups in total. The predicted octanol–water partition coefficient (Wildman–Crippen LogP) is 4.22. The smallest absolute Gasteiger partial charge is 0.475 e. The molecule has 2 aliphatic heterocycles. The van der Waals surface area contributed by atoms with Gasteiger partial charge in [-0.15, -0.1) is 0 Å². The van der Waals surface area contributed by atoms with E-state index in [4.69, 9.17) is 39.2 Å². The molecule has 1 aromatic heterocycles. The summed E-state index contributed by atoms with van der Waals surface area (Å²) in [5, 5.41) is 21.4. The van der Waals surface area contributed by atoms with Crippen LogP contribution in [-0.2, 0) is 36.9 Å². The summed E-state index contributed by atoms with van der Waals surface area (Å²) in [7, 11) is 0. The molecular formula is C27H29F10N3O8. The Kier molecular flexibility index (Phi) is 16.1. The second-order valence-electron chi connectivity index (χ2n) is 9.90. The molecule has 270 valence electrons. The zero-order valence-corrected chi connectivity index (χ0v) is 24.5. The Labute approximate surface area is 265 Å². The number of rotatable bonds is 4. The van der Waals surface area contributed by atoms with Crippen molar-refractivity contribution >= 4 is 17.9 Å². The number of carboxylic acid groups (broad SMARTS) is 3. The van der Waals surface area contributed by atoms with Crippen LogP contribution in [0.2, 0.25) is 0 Å². The minimum Gasteiger partial charge on any atom is -0.475 e. The van der Waals surface area contributed by atoms with Crippen molar-refractivity contribution in [2.24, 2.45) is 0 Å². The molecule has 0 radical (unpaired) electrons. The van der Waals surface area contributed by atoms with Gasteiger partial charge >= 0.3 is 36.4 Å². The fraction of sp³-hybridized carbons (Fsp3) is 0.481. The average Bonchev–Trinajstić information content (AvgIpc) is 3.15. The number of ether oxygens (including phenoxy) is 2. The van der Waals surface area contributed by atoms with Gasteiger partial charge in [0.25, 0.3) is 0 Å². The van der Waals surface area contributed by atoms with Gasteiger partial charge in [-0.05, 0) is 35.4 Å². The van der Waals surface area contributed by atoms with Crippen LogP contribution in [-0.4, -0.2) is 118 Å². The van der Waals surface area contributed by atoms with Gasteiger partial charge in [0.2, 0.25) is 0 Å². The number of nitrogens with zero attached hydrogens (tertiary/aromatic N) is 3. The number of hydrogen-bond donors (Lipinski definition) is 3. The van der Waals surface area contributed by atoms with Crippen molar-refractivity contribution in [2.75, 3.05) is 46.0 Å². The van der Waals surface area contributed by atoms with Gasteiger partial charge in [0.05, 0.1) is 19.8 Å². The lowest BCUT2D eigenvalue weighted by molar-refractivity contribution is -0.193. The van der Waals surface area contributed by atoms with E-state index >= 15 is 0 Å². The zero-order valence-electron chi connectivity index (χ0n) is 24.5. The predicted molar refractivity (Wildman–Crippen MR) is 142 cm³/mol. The first-order chi connectivity index (χ1) is 22.0. The highest BCUT2D eigenvalue weighted by Gasteiger charge is 2.41. The van der Waals surface area contributed by atoms with Gasteiger partial charge in [-0.25, -0.2) is 18.8 Å². The van der Waals surface area contributed by atoms with E-state index in [1.807, 2.05) is 24.5 Å². The highest BCUT2D eigenvalue weighted by molar-refractivity contribution is 5.73. The van der Waals surface area contributed by atoms with Crippen molar-refractivity contribution in [2.45, 2.75) is 37.2 Å². The summed E-state index contributed by atoms with van der Waals surface area (Å²) in [5.41, 5.74) is 2.06. The van der Waals surface area contributed by atoms with Crippen LogP contribution in [0.25, 0.3) is 0 Å². The topological polar surface area (TPSA) is 150 Å². The van der Waals surface area contributed by atoms with E-state index in [0.717, 1.165) is 44.8 Å². The third kappa shape index (κ3) is 16.7. The lowest BCUT2D eigenvalue weighted by atomic mass is 10.0. The molecule has 2 fully saturated rings. The van der Waals surface area contributed by atoms with Gasteiger partial charge in [0, 0.05) is 51.7 Å². The van der Waals surface area contributed by atoms with Crippen LogP contribution in [0.15, 0.2) is 48.8 Å². The summed E-state index contributed by atoms with van der Waals surface area (Å²) < 4.78 is 121. The minimum absolute atomic E-state index is 0.193. The molecule has 1 spiro atoms. The molecule has 0 saturated carbocycles. The molecule has 1 aromatic carbocycles. The van der Waals surface area contributed by atoms with Gasteiger partial charge in [0.1, 0.15) is 11.4 Å². The number of aliphatic carboxylic acids is 3. The molecule has 1 atom stereocenters. The number of carboxylic acids is 3. The number of aromatic nitrogens is 1. The van der Waals surface area contributed by atoms with E-state index < -0.39 is 36.4 Å². The Balaban J connectivity index is 0.000000448. The normalized spacial score (nSPS) is 18.9. The number of benzene rings is 1. The largest absolute Gasteiger partial charge is 0.490 e. The molecule has 48 heavy (non-hydrogen) atoms. The fourth-order valence-electron chi connectivity index (χ4n) is 3.95. The van der Waals surface area contributed by atoms with Gasteiger partial charge in [-0.2, -0.15) is 39.5 Å². The van der Waals surface area contributed by atoms with Gasteiger partial charge in [-0.3, -0.25) is 14.8 Å². The molecule has 1 unspecified atom stereocenters. The molecule has 0 aliphatic carbocycles. The van der Waals surface area contributed by atoms with Crippen molar-refractivity contribution in [3.63, 3.8) is 0 Å². The Hall–Kier alpha value is -4.08. The Morgan fingerprint density at radius 1 is 0.688 bits per heavy atom. The lowest BCUT2D eigenvalue weighted by Gasteiger charge is -2.43. The van der Waals surface area contributed by atoms with Crippen molar-refractivity contribution in [3.8, 4) is 0 Å². The molecule has 2 aliphatic rings. The van der Waals surface area contributed by atoms with E-state index in [9.17, 15) is 43.9 Å². The number of alkyl halides is 9. The summed E-state index contributed by atoms with van der Waals surface area (Å²) in [6.45, 7) is 7.12. The first kappa shape index (κ1) is 41.9. The maximum Gasteiger partial charge on any atom is 0.490 e. The van der Waals surface area contributed by atoms with Crippen LogP contribution in [0, 0.1) is 5.82 Å². The number of morpholine rings is 1. The quantitative estimate of drug-likeness (QED) is 0.391. The molecule has 0 amide bonds. The summed E-state index contributed by atoms with van der Waals surface area (Å²) in [5.74, 6) is -8.46. The summed E-state index contributed by atoms with van der Waals surface area (Å²) in [6.07, 6.45) is -11.6. The zero-order chi connectivity index (χ0) is 36.8. The van der Waals surface area contributed by atoms with Crippen molar-refractivity contribution < 1.29 is 83.1 Å². The van der Waals surface area contributed by atoms with Crippen molar-refractivity contribution in [1.82, 2.24) is 14.8 Å². The van der Waals surface area contributed by atoms with Gasteiger partial charge in [-0.1, -0.05) is 12.1 Å². The summed E-state index contributed by atoms with van der Waals surface area (Å²) >= 11 is 0. The lowest BCUT2D eigenvalue weighted by Crippen LogP contribution is -2.58. The fourth-order valence-corrected chi connectivity index (χ4v) is 3.95. The highest BCUT2D eigenvalue weighted by atomic mass is 19.4. The molecule has 3 heterocycles. The van der Waals surface area contributed by atoms with Crippen LogP contribution in [0.5, 0.6) is 0 Å². The van der Waals surface area contributed by atoms with Gasteiger partial charge in [0.15, 0.2) is 0 Å². The highest BCUT2D eigenvalue weighted by Crippen LogP contribution is 2.25. The second-order valence-corrected chi connectivity index (χ2v) is 9.90. The maximum absolute atomic E-state index is 13.2. The van der Waals surface area contributed by atoms with E-state index in [2.05, 4.69) is 26.9 Å². The maximum atomic E-state index is 13.2. The van der Waals surface area contributed by atoms with Crippen LogP contribution in [0.3, 0.4) is 0 Å². The van der Waals surface area contributed by atoms with Gasteiger partial charge < -0.3 is 24.8 Å². The monoisotopic (exact) mass is 713 g/mol. The standard InChI is InChI=1S/C21H26FN3O2.3C2HF3O2/c22-20-3-1-18(2-4-20)13-25-10-12-27-21(16-25)15-24(9-11-26-17-21)14-19-5-7-23-8-6-19;3*3-2(4,5)1(6)7/h1-8H,9-17H2;3*(H,6,7). The SMILES string of the molecule is Fc1ccc(CN2CCOC3(COCCN(Cc4ccncc4)C3)C2)cc1.O=C(O)C(F)(F)F.O=C(O)C(F)(F)F.O=C(O)C(F)(F)F. The molecular weight excluding hydrogens is 684 g/mol. The molecule has 2 saturated heterocycles. The van der Waals surface area contributed by atoms with E-state index in [1.165, 1.54) is 17.7 Å². The molecule has 2 aromatic rings. The van der Waals surface area contributed by atoms with Crippen LogP contribution >= 0.6 is 0 Å². The van der Waals surface area contributed by atoms with Crippen LogP contribution in [0.4, 0.5) is 43.9 Å². The number of carbonyl (C=O) groups is 3. The van der Waals surface area contributed by atoms with Crippen molar-refractivity contribution in [3.05, 3.63) is 65.7 Å². The average molecular weight is 714 g/mol. The third-order valence-corrected chi connectivity index (χ3v) is 5.96. The number of hydrogen-bond acceptors (Lipinski definition) is 8. The summed E-state index contributed by atoms with van der Waals surface area (Å²) in [4.78, 5) is 35.6. The number of pyridine rings is 1. The minimum atomic E-state index is -5.08. The molecule has 4 rings (SSSR count). The van der Waals surface area contributed by atoms with E-state index in [1.54, 1.807) is 0 Å². The third-order valence-electron chi connectivity index (χ3n) is 5.96. The van der Waals surface area contributed by atoms with Crippen molar-refractivity contribution in [1.29, 1.82) is 0 Å². The van der Waals surface area contributed by atoms with Crippen LogP contribution < -0.4 is 0 Å². The van der Waals surface area contributed by atoms with Crippen LogP contribution in [0.1, 0.15) is 11.1 Å². The first-order valence-corrected chi connectivity index (χ1v) is 13.2. The summed E-state index contributed by atoms with van der Waals surface area (Å²) in [6, 6.07) is 10.9. The Bertz CT molecular complexity index is 1240. The van der Waals surface area contributed by atoms with E-state index in [0.29, 0.717) is 19.8 Å². The van der Waals surface area contributed by atoms with E-state index in [-0.39, 0.29) is 11.4 Å². The Morgan fingerprint density at radius 2 is 1.06 bits per heavy atom.